The first-order valence-corrected chi connectivity index (χ1v) is 6.63. The van der Waals surface area contributed by atoms with Crippen LogP contribution in [0.25, 0.3) is 0 Å². The van der Waals surface area contributed by atoms with Gasteiger partial charge in [-0.25, -0.2) is 0 Å². The van der Waals surface area contributed by atoms with Crippen LogP contribution in [-0.2, 0) is 11.3 Å². The lowest BCUT2D eigenvalue weighted by atomic mass is 10.1. The van der Waals surface area contributed by atoms with Crippen LogP contribution in [-0.4, -0.2) is 29.3 Å². The third kappa shape index (κ3) is 3.73. The molecule has 0 aliphatic heterocycles. The number of rotatable bonds is 4. The Labute approximate surface area is 117 Å². The Morgan fingerprint density at radius 2 is 2.06 bits per heavy atom. The van der Waals surface area contributed by atoms with Gasteiger partial charge in [-0.2, -0.15) is 0 Å². The summed E-state index contributed by atoms with van der Waals surface area (Å²) in [6.45, 7) is 6.26. The quantitative estimate of drug-likeness (QED) is 0.799. The van der Waals surface area contributed by atoms with Gasteiger partial charge in [0.15, 0.2) is 0 Å². The summed E-state index contributed by atoms with van der Waals surface area (Å²) in [5.41, 5.74) is 2.18. The number of aryl methyl sites for hydroxylation is 1. The van der Waals surface area contributed by atoms with Crippen molar-refractivity contribution >= 4 is 21.8 Å². The summed E-state index contributed by atoms with van der Waals surface area (Å²) in [6, 6.07) is 5.98. The largest absolute Gasteiger partial charge is 0.496 e. The van der Waals surface area contributed by atoms with E-state index < -0.39 is 4.32 Å². The molecule has 1 amide bonds. The van der Waals surface area contributed by atoms with Crippen LogP contribution in [0, 0.1) is 6.92 Å². The molecule has 100 valence electrons. The highest BCUT2D eigenvalue weighted by molar-refractivity contribution is 9.10. The highest BCUT2D eigenvalue weighted by Gasteiger charge is 2.27. The molecule has 0 fully saturated rings. The Bertz CT molecular complexity index is 438. The molecular weight excluding hydrogens is 294 g/mol. The summed E-state index contributed by atoms with van der Waals surface area (Å²) in [6.07, 6.45) is 0. The average molecular weight is 314 g/mol. The summed E-state index contributed by atoms with van der Waals surface area (Å²) < 4.78 is 4.77. The van der Waals surface area contributed by atoms with E-state index in [1.54, 1.807) is 19.1 Å². The normalized spacial score (nSPS) is 11.2. The van der Waals surface area contributed by atoms with Crippen molar-refractivity contribution in [3.63, 3.8) is 0 Å². The highest BCUT2D eigenvalue weighted by atomic mass is 79.9. The van der Waals surface area contributed by atoms with Crippen LogP contribution in [0.15, 0.2) is 18.2 Å². The van der Waals surface area contributed by atoms with E-state index in [4.69, 9.17) is 4.74 Å². The molecule has 0 spiro atoms. The molecule has 4 heteroatoms. The van der Waals surface area contributed by atoms with Gasteiger partial charge >= 0.3 is 0 Å². The Hall–Kier alpha value is -1.03. The van der Waals surface area contributed by atoms with E-state index in [0.717, 1.165) is 16.9 Å². The van der Waals surface area contributed by atoms with Crippen LogP contribution in [0.1, 0.15) is 25.0 Å². The van der Waals surface area contributed by atoms with Gasteiger partial charge in [-0.1, -0.05) is 33.6 Å². The number of alkyl halides is 1. The second kappa shape index (κ2) is 5.74. The Morgan fingerprint density at radius 1 is 1.44 bits per heavy atom. The number of amides is 1. The number of carbonyl (C=O) groups excluding carboxylic acids is 1. The van der Waals surface area contributed by atoms with Gasteiger partial charge in [-0.15, -0.1) is 0 Å². The minimum atomic E-state index is -0.543. The molecule has 0 aliphatic rings. The SMILES string of the molecule is COc1ccc(C)cc1CN(C)C(=O)C(C)(C)Br. The molecule has 0 radical (unpaired) electrons. The first-order chi connectivity index (χ1) is 8.25. The van der Waals surface area contributed by atoms with Crippen molar-refractivity contribution in [3.05, 3.63) is 29.3 Å². The molecule has 0 bridgehead atoms. The van der Waals surface area contributed by atoms with Crippen LogP contribution in [0.5, 0.6) is 5.75 Å². The third-order valence-corrected chi connectivity index (χ3v) is 3.04. The minimum absolute atomic E-state index is 0.0473. The van der Waals surface area contributed by atoms with Gasteiger partial charge in [0.2, 0.25) is 5.91 Å². The van der Waals surface area contributed by atoms with Gasteiger partial charge in [0.25, 0.3) is 0 Å². The average Bonchev–Trinajstić information content (AvgIpc) is 2.27. The molecule has 1 aromatic carbocycles. The molecule has 0 saturated carbocycles. The van der Waals surface area contributed by atoms with Crippen molar-refractivity contribution in [2.24, 2.45) is 0 Å². The smallest absolute Gasteiger partial charge is 0.238 e. The zero-order valence-electron chi connectivity index (χ0n) is 11.6. The monoisotopic (exact) mass is 313 g/mol. The number of methoxy groups -OCH3 is 1. The fourth-order valence-electron chi connectivity index (χ4n) is 1.81. The highest BCUT2D eigenvalue weighted by Crippen LogP contribution is 2.24. The molecule has 18 heavy (non-hydrogen) atoms. The van der Waals surface area contributed by atoms with Crippen molar-refractivity contribution in [1.82, 2.24) is 4.90 Å². The summed E-state index contributed by atoms with van der Waals surface area (Å²) >= 11 is 3.39. The Kier molecular flexibility index (Phi) is 4.79. The molecule has 0 unspecified atom stereocenters. The fraction of sp³-hybridized carbons (Fsp3) is 0.500. The molecule has 0 N–H and O–H groups in total. The predicted octanol–water partition coefficient (Wildman–Crippen LogP) is 3.14. The van der Waals surface area contributed by atoms with Crippen molar-refractivity contribution in [1.29, 1.82) is 0 Å². The summed E-state index contributed by atoms with van der Waals surface area (Å²) in [5.74, 6) is 0.860. The molecule has 1 aromatic rings. The van der Waals surface area contributed by atoms with Crippen LogP contribution in [0.3, 0.4) is 0 Å². The number of hydrogen-bond acceptors (Lipinski definition) is 2. The lowest BCUT2D eigenvalue weighted by Gasteiger charge is -2.25. The zero-order chi connectivity index (χ0) is 13.9. The summed E-state index contributed by atoms with van der Waals surface area (Å²) in [5, 5.41) is 0. The third-order valence-electron chi connectivity index (χ3n) is 2.70. The fourth-order valence-corrected chi connectivity index (χ4v) is 2.11. The van der Waals surface area contributed by atoms with E-state index in [0.29, 0.717) is 6.54 Å². The van der Waals surface area contributed by atoms with Crippen LogP contribution < -0.4 is 4.74 Å². The summed E-state index contributed by atoms with van der Waals surface area (Å²) in [4.78, 5) is 13.8. The van der Waals surface area contributed by atoms with Crippen LogP contribution in [0.4, 0.5) is 0 Å². The predicted molar refractivity (Wildman–Crippen MR) is 77.2 cm³/mol. The maximum atomic E-state index is 12.1. The van der Waals surface area contributed by atoms with Crippen molar-refractivity contribution in [2.75, 3.05) is 14.2 Å². The van der Waals surface area contributed by atoms with Crippen LogP contribution in [0.2, 0.25) is 0 Å². The number of nitrogens with zero attached hydrogens (tertiary/aromatic N) is 1. The minimum Gasteiger partial charge on any atom is -0.496 e. The maximum absolute atomic E-state index is 12.1. The molecule has 1 rings (SSSR count). The number of halogens is 1. The first-order valence-electron chi connectivity index (χ1n) is 5.83. The van der Waals surface area contributed by atoms with E-state index in [1.165, 1.54) is 0 Å². The Balaban J connectivity index is 2.91. The standard InChI is InChI=1S/C14H20BrNO2/c1-10-6-7-12(18-5)11(8-10)9-16(4)13(17)14(2,3)15/h6-8H,9H2,1-5H3. The lowest BCUT2D eigenvalue weighted by molar-refractivity contribution is -0.131. The second-order valence-electron chi connectivity index (χ2n) is 4.95. The van der Waals surface area contributed by atoms with E-state index in [2.05, 4.69) is 15.9 Å². The van der Waals surface area contributed by atoms with Gasteiger partial charge in [0.05, 0.1) is 11.4 Å². The van der Waals surface area contributed by atoms with Crippen LogP contribution >= 0.6 is 15.9 Å². The van der Waals surface area contributed by atoms with Gasteiger partial charge < -0.3 is 9.64 Å². The molecule has 3 nitrogen and oxygen atoms in total. The van der Waals surface area contributed by atoms with E-state index in [9.17, 15) is 4.79 Å². The lowest BCUT2D eigenvalue weighted by Crippen LogP contribution is -2.38. The zero-order valence-corrected chi connectivity index (χ0v) is 13.2. The molecule has 0 aromatic heterocycles. The van der Waals surface area contributed by atoms with Gasteiger partial charge in [0, 0.05) is 19.2 Å². The van der Waals surface area contributed by atoms with E-state index in [-0.39, 0.29) is 5.91 Å². The number of benzene rings is 1. The summed E-state index contributed by atoms with van der Waals surface area (Å²) in [7, 11) is 3.44. The van der Waals surface area contributed by atoms with Crippen molar-refractivity contribution in [2.45, 2.75) is 31.6 Å². The second-order valence-corrected chi connectivity index (χ2v) is 6.93. The molecular formula is C14H20BrNO2. The first kappa shape index (κ1) is 15.0. The number of ether oxygens (including phenoxy) is 1. The maximum Gasteiger partial charge on any atom is 0.238 e. The van der Waals surface area contributed by atoms with Crippen molar-refractivity contribution < 1.29 is 9.53 Å². The van der Waals surface area contributed by atoms with Gasteiger partial charge in [-0.3, -0.25) is 4.79 Å². The molecule has 0 saturated heterocycles. The topological polar surface area (TPSA) is 29.5 Å². The van der Waals surface area contributed by atoms with Crippen molar-refractivity contribution in [3.8, 4) is 5.75 Å². The van der Waals surface area contributed by atoms with E-state index >= 15 is 0 Å². The molecule has 0 heterocycles. The Morgan fingerprint density at radius 3 is 2.56 bits per heavy atom. The van der Waals surface area contributed by atoms with E-state index in [1.807, 2.05) is 39.0 Å². The van der Waals surface area contributed by atoms with Gasteiger partial charge in [0.1, 0.15) is 5.75 Å². The molecule has 0 atom stereocenters. The van der Waals surface area contributed by atoms with Gasteiger partial charge in [-0.05, 0) is 26.8 Å². The molecule has 0 aliphatic carbocycles. The number of hydrogen-bond donors (Lipinski definition) is 0. The number of carbonyl (C=O) groups is 1.